The first-order chi connectivity index (χ1) is 9.35. The van der Waals surface area contributed by atoms with Gasteiger partial charge in [0.15, 0.2) is 5.82 Å². The smallest absolute Gasteiger partial charge is 0.162 e. The summed E-state index contributed by atoms with van der Waals surface area (Å²) in [6, 6.07) is 8.11. The summed E-state index contributed by atoms with van der Waals surface area (Å²) in [6.45, 7) is 2.09. The number of rotatable bonds is 3. The summed E-state index contributed by atoms with van der Waals surface area (Å²) in [5.74, 6) is 1.69. The Balaban J connectivity index is 2.27. The van der Waals surface area contributed by atoms with E-state index in [0.29, 0.717) is 0 Å². The largest absolute Gasteiger partial charge is 0.373 e. The molecular formula is C14H15N5. The first kappa shape index (κ1) is 11.6. The van der Waals surface area contributed by atoms with Gasteiger partial charge in [0.2, 0.25) is 0 Å². The van der Waals surface area contributed by atoms with Crippen molar-refractivity contribution in [3.63, 3.8) is 0 Å². The van der Waals surface area contributed by atoms with Gasteiger partial charge in [-0.05, 0) is 12.5 Å². The van der Waals surface area contributed by atoms with E-state index < -0.39 is 0 Å². The number of fused-ring (bicyclic) bond motifs is 1. The van der Waals surface area contributed by atoms with E-state index in [9.17, 15) is 0 Å². The maximum absolute atomic E-state index is 4.45. The van der Waals surface area contributed by atoms with Crippen LogP contribution in [0, 0.1) is 0 Å². The van der Waals surface area contributed by atoms with E-state index in [1.165, 1.54) is 0 Å². The quantitative estimate of drug-likeness (QED) is 0.778. The molecule has 0 fully saturated rings. The summed E-state index contributed by atoms with van der Waals surface area (Å²) in [4.78, 5) is 8.66. The Kier molecular flexibility index (Phi) is 2.87. The molecule has 0 aliphatic rings. The summed E-state index contributed by atoms with van der Waals surface area (Å²) >= 11 is 0. The third-order valence-corrected chi connectivity index (χ3v) is 3.19. The number of hydrogen-bond acceptors (Lipinski definition) is 4. The predicted octanol–water partition coefficient (Wildman–Crippen LogP) is 2.42. The lowest BCUT2D eigenvalue weighted by atomic mass is 10.2. The number of benzene rings is 1. The van der Waals surface area contributed by atoms with E-state index in [1.807, 2.05) is 42.2 Å². The molecule has 0 atom stereocenters. The van der Waals surface area contributed by atoms with Gasteiger partial charge in [0.05, 0.1) is 11.7 Å². The number of nitrogens with zero attached hydrogens (tertiary/aromatic N) is 4. The van der Waals surface area contributed by atoms with Crippen LogP contribution in [0.1, 0.15) is 12.5 Å². The van der Waals surface area contributed by atoms with Gasteiger partial charge in [-0.3, -0.25) is 0 Å². The molecule has 19 heavy (non-hydrogen) atoms. The van der Waals surface area contributed by atoms with Crippen LogP contribution in [0.3, 0.4) is 0 Å². The average molecular weight is 253 g/mol. The molecule has 0 saturated carbocycles. The third kappa shape index (κ3) is 1.83. The zero-order chi connectivity index (χ0) is 13.2. The average Bonchev–Trinajstić information content (AvgIpc) is 2.90. The molecule has 0 saturated heterocycles. The van der Waals surface area contributed by atoms with Crippen LogP contribution in [0.15, 0.2) is 36.8 Å². The van der Waals surface area contributed by atoms with E-state index in [2.05, 4.69) is 27.3 Å². The minimum atomic E-state index is 0.836. The van der Waals surface area contributed by atoms with Crippen LogP contribution < -0.4 is 5.32 Å². The molecular weight excluding hydrogens is 238 g/mol. The van der Waals surface area contributed by atoms with Crippen molar-refractivity contribution in [2.24, 2.45) is 0 Å². The molecule has 96 valence electrons. The maximum Gasteiger partial charge on any atom is 0.162 e. The number of nitrogens with one attached hydrogen (secondary N) is 1. The maximum atomic E-state index is 4.45. The summed E-state index contributed by atoms with van der Waals surface area (Å²) in [5, 5.41) is 8.66. The van der Waals surface area contributed by atoms with Gasteiger partial charge >= 0.3 is 0 Å². The van der Waals surface area contributed by atoms with Crippen molar-refractivity contribution in [1.82, 2.24) is 19.7 Å². The highest BCUT2D eigenvalue weighted by atomic mass is 15.3. The van der Waals surface area contributed by atoms with Crippen molar-refractivity contribution in [2.75, 3.05) is 12.4 Å². The van der Waals surface area contributed by atoms with Crippen molar-refractivity contribution in [3.8, 4) is 5.82 Å². The standard InChI is InChI=1S/C14H15N5/c1-3-11-13(15-2)16-9-17-14(11)19-12-7-5-4-6-10(12)8-18-19/h4-9H,3H2,1-2H3,(H,15,16,17). The van der Waals surface area contributed by atoms with Gasteiger partial charge in [-0.2, -0.15) is 5.10 Å². The Labute approximate surface area is 111 Å². The van der Waals surface area contributed by atoms with Crippen LogP contribution in [-0.4, -0.2) is 26.8 Å². The number of anilines is 1. The Morgan fingerprint density at radius 1 is 1.21 bits per heavy atom. The third-order valence-electron chi connectivity index (χ3n) is 3.19. The zero-order valence-corrected chi connectivity index (χ0v) is 11.0. The SMILES string of the molecule is CCc1c(NC)ncnc1-n1ncc2ccccc21. The van der Waals surface area contributed by atoms with Crippen LogP contribution in [0.4, 0.5) is 5.82 Å². The second-order valence-electron chi connectivity index (χ2n) is 4.24. The number of para-hydroxylation sites is 1. The lowest BCUT2D eigenvalue weighted by molar-refractivity contribution is 0.842. The zero-order valence-electron chi connectivity index (χ0n) is 11.0. The van der Waals surface area contributed by atoms with Crippen LogP contribution in [-0.2, 0) is 6.42 Å². The number of aromatic nitrogens is 4. The molecule has 0 unspecified atom stereocenters. The normalized spacial score (nSPS) is 10.8. The minimum absolute atomic E-state index is 0.836. The van der Waals surface area contributed by atoms with E-state index in [0.717, 1.165) is 34.5 Å². The lowest BCUT2D eigenvalue weighted by Crippen LogP contribution is -2.08. The molecule has 3 aromatic rings. The van der Waals surface area contributed by atoms with Crippen molar-refractivity contribution in [2.45, 2.75) is 13.3 Å². The summed E-state index contributed by atoms with van der Waals surface area (Å²) < 4.78 is 1.87. The highest BCUT2D eigenvalue weighted by Crippen LogP contribution is 2.22. The van der Waals surface area contributed by atoms with Crippen molar-refractivity contribution in [1.29, 1.82) is 0 Å². The number of hydrogen-bond donors (Lipinski definition) is 1. The van der Waals surface area contributed by atoms with Gasteiger partial charge in [0, 0.05) is 18.0 Å². The lowest BCUT2D eigenvalue weighted by Gasteiger charge is -2.11. The van der Waals surface area contributed by atoms with E-state index in [4.69, 9.17) is 0 Å². The molecule has 2 aromatic heterocycles. The fourth-order valence-electron chi connectivity index (χ4n) is 2.27. The highest BCUT2D eigenvalue weighted by molar-refractivity contribution is 5.80. The molecule has 5 heteroatoms. The Morgan fingerprint density at radius 2 is 2.05 bits per heavy atom. The Bertz CT molecular complexity index is 717. The van der Waals surface area contributed by atoms with Crippen LogP contribution in [0.25, 0.3) is 16.7 Å². The van der Waals surface area contributed by atoms with Gasteiger partial charge < -0.3 is 5.32 Å². The molecule has 0 aliphatic carbocycles. The highest BCUT2D eigenvalue weighted by Gasteiger charge is 2.13. The van der Waals surface area contributed by atoms with Crippen LogP contribution >= 0.6 is 0 Å². The Hall–Kier alpha value is -2.43. The van der Waals surface area contributed by atoms with Crippen molar-refractivity contribution >= 4 is 16.7 Å². The molecule has 1 aromatic carbocycles. The second-order valence-corrected chi connectivity index (χ2v) is 4.24. The summed E-state index contributed by atoms with van der Waals surface area (Å²) in [5.41, 5.74) is 2.12. The van der Waals surface area contributed by atoms with Gasteiger partial charge in [-0.25, -0.2) is 14.6 Å². The molecule has 0 aliphatic heterocycles. The van der Waals surface area contributed by atoms with Crippen LogP contribution in [0.2, 0.25) is 0 Å². The van der Waals surface area contributed by atoms with E-state index >= 15 is 0 Å². The van der Waals surface area contributed by atoms with Crippen LogP contribution in [0.5, 0.6) is 0 Å². The van der Waals surface area contributed by atoms with E-state index in [1.54, 1.807) is 6.33 Å². The molecule has 0 bridgehead atoms. The fourth-order valence-corrected chi connectivity index (χ4v) is 2.27. The van der Waals surface area contributed by atoms with Gasteiger partial charge in [-0.15, -0.1) is 0 Å². The molecule has 0 amide bonds. The minimum Gasteiger partial charge on any atom is -0.373 e. The summed E-state index contributed by atoms with van der Waals surface area (Å²) in [6.07, 6.45) is 4.27. The fraction of sp³-hybridized carbons (Fsp3) is 0.214. The first-order valence-corrected chi connectivity index (χ1v) is 6.30. The second kappa shape index (κ2) is 4.68. The van der Waals surface area contributed by atoms with Gasteiger partial charge in [0.1, 0.15) is 12.1 Å². The van der Waals surface area contributed by atoms with Gasteiger partial charge in [-0.1, -0.05) is 25.1 Å². The molecule has 3 rings (SSSR count). The van der Waals surface area contributed by atoms with E-state index in [-0.39, 0.29) is 0 Å². The Morgan fingerprint density at radius 3 is 2.84 bits per heavy atom. The van der Waals surface area contributed by atoms with Crippen molar-refractivity contribution < 1.29 is 0 Å². The topological polar surface area (TPSA) is 55.6 Å². The first-order valence-electron chi connectivity index (χ1n) is 6.30. The van der Waals surface area contributed by atoms with Gasteiger partial charge in [0.25, 0.3) is 0 Å². The summed E-state index contributed by atoms with van der Waals surface area (Å²) in [7, 11) is 1.87. The van der Waals surface area contributed by atoms with Crippen molar-refractivity contribution in [3.05, 3.63) is 42.4 Å². The molecule has 0 radical (unpaired) electrons. The monoisotopic (exact) mass is 253 g/mol. The molecule has 1 N–H and O–H groups in total. The molecule has 0 spiro atoms. The predicted molar refractivity (Wildman–Crippen MR) is 75.6 cm³/mol. The molecule has 2 heterocycles. The molecule has 5 nitrogen and oxygen atoms in total.